The van der Waals surface area contributed by atoms with Crippen LogP contribution in [0.5, 0.6) is 5.75 Å². The van der Waals surface area contributed by atoms with Gasteiger partial charge >= 0.3 is 6.18 Å². The first-order chi connectivity index (χ1) is 18.9. The Morgan fingerprint density at radius 2 is 1.93 bits per heavy atom. The molecule has 0 saturated carbocycles. The molecule has 4 N–H and O–H groups in total. The third-order valence-corrected chi connectivity index (χ3v) is 9.79. The van der Waals surface area contributed by atoms with Crippen LogP contribution in [0.3, 0.4) is 0 Å². The molecular formula is C28H31F3N4O3S2. The summed E-state index contributed by atoms with van der Waals surface area (Å²) in [4.78, 5) is 2.77. The molecule has 3 heterocycles. The summed E-state index contributed by atoms with van der Waals surface area (Å²) in [7, 11) is -1.98. The van der Waals surface area contributed by atoms with Gasteiger partial charge in [-0.05, 0) is 29.1 Å². The minimum atomic E-state index is -4.38. The van der Waals surface area contributed by atoms with E-state index in [1.54, 1.807) is 12.1 Å². The van der Waals surface area contributed by atoms with E-state index in [1.807, 2.05) is 12.1 Å². The predicted molar refractivity (Wildman–Crippen MR) is 153 cm³/mol. The van der Waals surface area contributed by atoms with E-state index < -0.39 is 22.4 Å². The molecule has 5 rings (SSSR count). The Morgan fingerprint density at radius 3 is 2.58 bits per heavy atom. The number of rotatable bonds is 6. The fourth-order valence-electron chi connectivity index (χ4n) is 5.51. The molecule has 2 saturated heterocycles. The third-order valence-electron chi connectivity index (χ3n) is 7.50. The zero-order chi connectivity index (χ0) is 28.7. The molecule has 2 aliphatic rings. The van der Waals surface area contributed by atoms with Crippen LogP contribution in [0.1, 0.15) is 10.4 Å². The monoisotopic (exact) mass is 592 g/mol. The summed E-state index contributed by atoms with van der Waals surface area (Å²) >= 11 is 1.29. The first-order valence-corrected chi connectivity index (χ1v) is 15.6. The van der Waals surface area contributed by atoms with Crippen molar-refractivity contribution in [2.24, 2.45) is 17.6 Å². The molecule has 2 atom stereocenters. The van der Waals surface area contributed by atoms with Crippen molar-refractivity contribution in [2.75, 3.05) is 56.3 Å². The number of benzene rings is 2. The van der Waals surface area contributed by atoms with Gasteiger partial charge in [0.05, 0.1) is 45.9 Å². The molecule has 40 heavy (non-hydrogen) atoms. The summed E-state index contributed by atoms with van der Waals surface area (Å²) in [5.74, 6) is 6.80. The fourth-order valence-corrected chi connectivity index (χ4v) is 7.39. The number of nitrogens with one attached hydrogen (secondary N) is 2. The molecule has 2 bridgehead atoms. The molecule has 0 aliphatic carbocycles. The Balaban J connectivity index is 1.44. The average molecular weight is 593 g/mol. The number of anilines is 2. The van der Waals surface area contributed by atoms with E-state index in [2.05, 4.69) is 27.4 Å². The maximum Gasteiger partial charge on any atom is 0.393 e. The molecule has 7 nitrogen and oxygen atoms in total. The number of alkyl halides is 3. The number of fused-ring (bicyclic) bond motifs is 3. The number of ether oxygens (including phenoxy) is 1. The van der Waals surface area contributed by atoms with Crippen molar-refractivity contribution in [1.29, 1.82) is 0 Å². The van der Waals surface area contributed by atoms with E-state index in [0.29, 0.717) is 21.7 Å². The van der Waals surface area contributed by atoms with Crippen molar-refractivity contribution in [3.8, 4) is 17.6 Å². The first-order valence-electron chi connectivity index (χ1n) is 12.9. The summed E-state index contributed by atoms with van der Waals surface area (Å²) in [6.07, 6.45) is -4.33. The summed E-state index contributed by atoms with van der Waals surface area (Å²) in [5.41, 5.74) is 8.09. The number of hydrogen-bond donors (Lipinski definition) is 3. The Bertz CT molecular complexity index is 1560. The van der Waals surface area contributed by atoms with Crippen LogP contribution in [0, 0.1) is 23.7 Å². The summed E-state index contributed by atoms with van der Waals surface area (Å²) in [6, 6.07) is 10.1. The highest BCUT2D eigenvalue weighted by Crippen LogP contribution is 2.41. The van der Waals surface area contributed by atoms with Crippen LogP contribution in [0.15, 0.2) is 41.3 Å². The molecule has 0 amide bonds. The van der Waals surface area contributed by atoms with E-state index in [1.165, 1.54) is 30.6 Å². The summed E-state index contributed by atoms with van der Waals surface area (Å²) < 4.78 is 70.7. The van der Waals surface area contributed by atoms with Crippen LogP contribution >= 0.6 is 11.3 Å². The number of nitrogens with zero attached hydrogens (tertiary/aromatic N) is 1. The van der Waals surface area contributed by atoms with Gasteiger partial charge in [-0.15, -0.1) is 11.3 Å². The molecule has 0 radical (unpaired) electrons. The fraction of sp³-hybridized carbons (Fsp3) is 0.429. The zero-order valence-electron chi connectivity index (χ0n) is 22.1. The van der Waals surface area contributed by atoms with Crippen LogP contribution in [0.25, 0.3) is 10.1 Å². The minimum Gasteiger partial charge on any atom is -0.495 e. The normalized spacial score (nSPS) is 21.1. The second kappa shape index (κ2) is 11.1. The standard InChI is InChI=1S/C28H31F3N4O3S2/c1-38-24-11-19(40(2,36)37)8-9-22(24)34-10-4-7-25-21(12-28(29,30)31)20-5-3-6-23(27(20)39-25)35-15-17-13-33-14-18(16-35)26(17)32/h3,5-6,8-9,11,17-18,26,33-34H,10,12-16,32H2,1-2H3. The first kappa shape index (κ1) is 28.5. The van der Waals surface area contributed by atoms with Crippen molar-refractivity contribution in [1.82, 2.24) is 5.32 Å². The molecule has 1 aromatic heterocycles. The SMILES string of the molecule is COc1cc(S(C)(=O)=O)ccc1NCC#Cc1sc2c(N3CC4CNCC(C3)C4N)cccc2c1CC(F)(F)F. The number of methoxy groups -OCH3 is 1. The van der Waals surface area contributed by atoms with Gasteiger partial charge in [0.1, 0.15) is 5.75 Å². The molecule has 3 aromatic rings. The number of nitrogens with two attached hydrogens (primary N) is 1. The van der Waals surface area contributed by atoms with Crippen molar-refractivity contribution in [3.05, 3.63) is 46.8 Å². The van der Waals surface area contributed by atoms with E-state index in [9.17, 15) is 21.6 Å². The van der Waals surface area contributed by atoms with Crippen molar-refractivity contribution in [2.45, 2.75) is 23.5 Å². The lowest BCUT2D eigenvalue weighted by atomic mass is 9.81. The van der Waals surface area contributed by atoms with Crippen molar-refractivity contribution < 1.29 is 26.3 Å². The minimum absolute atomic E-state index is 0.120. The van der Waals surface area contributed by atoms with Gasteiger partial charge in [0, 0.05) is 56.4 Å². The maximum absolute atomic E-state index is 13.6. The van der Waals surface area contributed by atoms with Crippen LogP contribution < -0.4 is 26.0 Å². The Labute approximate surface area is 235 Å². The van der Waals surface area contributed by atoms with Gasteiger partial charge in [-0.2, -0.15) is 13.2 Å². The summed E-state index contributed by atoms with van der Waals surface area (Å²) in [6.45, 7) is 3.29. The van der Waals surface area contributed by atoms with Crippen LogP contribution in [-0.2, 0) is 16.3 Å². The number of piperidine rings is 2. The van der Waals surface area contributed by atoms with Gasteiger partial charge in [-0.3, -0.25) is 0 Å². The largest absolute Gasteiger partial charge is 0.495 e. The number of thiophene rings is 1. The maximum atomic E-state index is 13.6. The quantitative estimate of drug-likeness (QED) is 0.374. The van der Waals surface area contributed by atoms with E-state index in [0.717, 1.165) is 42.8 Å². The second-order valence-corrected chi connectivity index (χ2v) is 13.3. The zero-order valence-corrected chi connectivity index (χ0v) is 23.8. The number of halogens is 3. The molecule has 0 spiro atoms. The van der Waals surface area contributed by atoms with Crippen LogP contribution in [0.4, 0.5) is 24.5 Å². The summed E-state index contributed by atoms with van der Waals surface area (Å²) in [5, 5.41) is 7.08. The number of hydrogen-bond acceptors (Lipinski definition) is 8. The van der Waals surface area contributed by atoms with Gasteiger partial charge < -0.3 is 26.0 Å². The van der Waals surface area contributed by atoms with Gasteiger partial charge in [0.25, 0.3) is 0 Å². The Hall–Kier alpha value is -2.98. The highest BCUT2D eigenvalue weighted by atomic mass is 32.2. The smallest absolute Gasteiger partial charge is 0.393 e. The number of sulfone groups is 1. The van der Waals surface area contributed by atoms with Crippen LogP contribution in [0.2, 0.25) is 0 Å². The lowest BCUT2D eigenvalue weighted by Gasteiger charge is -2.47. The van der Waals surface area contributed by atoms with E-state index in [4.69, 9.17) is 10.5 Å². The highest BCUT2D eigenvalue weighted by Gasteiger charge is 2.38. The average Bonchev–Trinajstić information content (AvgIpc) is 3.21. The van der Waals surface area contributed by atoms with Gasteiger partial charge in [0.15, 0.2) is 9.84 Å². The van der Waals surface area contributed by atoms with Crippen molar-refractivity contribution >= 4 is 42.6 Å². The van der Waals surface area contributed by atoms with Gasteiger partial charge in [-0.25, -0.2) is 8.42 Å². The Kier molecular flexibility index (Phi) is 7.94. The Morgan fingerprint density at radius 1 is 1.20 bits per heavy atom. The van der Waals surface area contributed by atoms with E-state index >= 15 is 0 Å². The molecule has 214 valence electrons. The molecule has 2 fully saturated rings. The van der Waals surface area contributed by atoms with E-state index in [-0.39, 0.29) is 34.9 Å². The molecule has 2 unspecified atom stereocenters. The van der Waals surface area contributed by atoms with Gasteiger partial charge in [0.2, 0.25) is 0 Å². The predicted octanol–water partition coefficient (Wildman–Crippen LogP) is 3.86. The lowest BCUT2D eigenvalue weighted by Crippen LogP contribution is -2.62. The second-order valence-electron chi connectivity index (χ2n) is 10.3. The topological polar surface area (TPSA) is 96.7 Å². The highest BCUT2D eigenvalue weighted by molar-refractivity contribution is 7.90. The molecular weight excluding hydrogens is 561 g/mol. The molecule has 12 heteroatoms. The third kappa shape index (κ3) is 6.02. The lowest BCUT2D eigenvalue weighted by molar-refractivity contribution is -0.126. The van der Waals surface area contributed by atoms with Crippen molar-refractivity contribution in [3.63, 3.8) is 0 Å². The molecule has 2 aliphatic heterocycles. The van der Waals surface area contributed by atoms with Crippen LogP contribution in [-0.4, -0.2) is 66.7 Å². The van der Waals surface area contributed by atoms with Gasteiger partial charge in [-0.1, -0.05) is 24.0 Å². The molecule has 2 aromatic carbocycles.